The molecule has 0 fully saturated rings. The van der Waals surface area contributed by atoms with Crippen LogP contribution in [-0.2, 0) is 4.79 Å². The molecule has 0 radical (unpaired) electrons. The average Bonchev–Trinajstić information content (AvgIpc) is 2.44. The van der Waals surface area contributed by atoms with Crippen LogP contribution in [0.3, 0.4) is 0 Å². The summed E-state index contributed by atoms with van der Waals surface area (Å²) in [5.41, 5.74) is 1.06. The lowest BCUT2D eigenvalue weighted by molar-refractivity contribution is -0.118. The van der Waals surface area contributed by atoms with Gasteiger partial charge in [0.2, 0.25) is 0 Å². The minimum atomic E-state index is -0.201. The van der Waals surface area contributed by atoms with Crippen LogP contribution in [0.1, 0.15) is 23.7 Å². The number of rotatable bonds is 5. The lowest BCUT2D eigenvalue weighted by atomic mass is 10.1. The van der Waals surface area contributed by atoms with E-state index in [1.165, 1.54) is 0 Å². The number of aliphatic hydroxyl groups excluding tert-OH is 1. The third-order valence-electron chi connectivity index (χ3n) is 3.11. The molecular formula is C14H18N2O4. The van der Waals surface area contributed by atoms with Crippen LogP contribution in [0.2, 0.25) is 0 Å². The van der Waals surface area contributed by atoms with Crippen LogP contribution in [0.25, 0.3) is 0 Å². The summed E-state index contributed by atoms with van der Waals surface area (Å²) in [6.45, 7) is 2.55. The molecule has 0 saturated carbocycles. The van der Waals surface area contributed by atoms with Gasteiger partial charge in [-0.05, 0) is 30.5 Å². The zero-order chi connectivity index (χ0) is 14.5. The number of hydrogen-bond donors (Lipinski definition) is 3. The highest BCUT2D eigenvalue weighted by atomic mass is 16.5. The minimum Gasteiger partial charge on any atom is -0.482 e. The van der Waals surface area contributed by atoms with Gasteiger partial charge in [-0.25, -0.2) is 0 Å². The second-order valence-electron chi connectivity index (χ2n) is 4.88. The van der Waals surface area contributed by atoms with Crippen molar-refractivity contribution in [3.8, 4) is 5.75 Å². The molecule has 108 valence electrons. The molecule has 1 aliphatic heterocycles. The fourth-order valence-corrected chi connectivity index (χ4v) is 1.91. The Balaban J connectivity index is 1.99. The van der Waals surface area contributed by atoms with E-state index in [4.69, 9.17) is 9.84 Å². The van der Waals surface area contributed by atoms with Crippen molar-refractivity contribution in [3.05, 3.63) is 23.8 Å². The smallest absolute Gasteiger partial charge is 0.262 e. The molecule has 1 unspecified atom stereocenters. The monoisotopic (exact) mass is 278 g/mol. The summed E-state index contributed by atoms with van der Waals surface area (Å²) in [5.74, 6) is 0.323. The van der Waals surface area contributed by atoms with E-state index in [0.29, 0.717) is 30.0 Å². The van der Waals surface area contributed by atoms with Gasteiger partial charge in [0.05, 0.1) is 5.69 Å². The third-order valence-corrected chi connectivity index (χ3v) is 3.11. The molecule has 6 heteroatoms. The van der Waals surface area contributed by atoms with Crippen molar-refractivity contribution < 1.29 is 19.4 Å². The van der Waals surface area contributed by atoms with Crippen LogP contribution in [0.4, 0.5) is 5.69 Å². The quantitative estimate of drug-likeness (QED) is 0.742. The topological polar surface area (TPSA) is 87.7 Å². The van der Waals surface area contributed by atoms with Crippen LogP contribution >= 0.6 is 0 Å². The Kier molecular flexibility index (Phi) is 4.57. The Hall–Kier alpha value is -2.08. The molecule has 1 atom stereocenters. The number of nitrogens with one attached hydrogen (secondary N) is 2. The summed E-state index contributed by atoms with van der Waals surface area (Å²) in [7, 11) is 0. The summed E-state index contributed by atoms with van der Waals surface area (Å²) in [6.07, 6.45) is 0.652. The summed E-state index contributed by atoms with van der Waals surface area (Å²) in [4.78, 5) is 23.1. The van der Waals surface area contributed by atoms with Crippen molar-refractivity contribution in [2.24, 2.45) is 5.92 Å². The molecule has 2 rings (SSSR count). The van der Waals surface area contributed by atoms with Crippen molar-refractivity contribution in [2.45, 2.75) is 13.3 Å². The summed E-state index contributed by atoms with van der Waals surface area (Å²) in [5, 5.41) is 14.3. The Morgan fingerprint density at radius 1 is 1.55 bits per heavy atom. The van der Waals surface area contributed by atoms with Gasteiger partial charge < -0.3 is 20.5 Å². The molecule has 0 saturated heterocycles. The fraction of sp³-hybridized carbons (Fsp3) is 0.429. The Morgan fingerprint density at radius 3 is 3.10 bits per heavy atom. The second kappa shape index (κ2) is 6.38. The Labute approximate surface area is 117 Å². The van der Waals surface area contributed by atoms with E-state index in [1.807, 2.05) is 6.92 Å². The maximum Gasteiger partial charge on any atom is 0.262 e. The third kappa shape index (κ3) is 3.48. The van der Waals surface area contributed by atoms with E-state index in [0.717, 1.165) is 0 Å². The highest BCUT2D eigenvalue weighted by Gasteiger charge is 2.17. The molecule has 2 amide bonds. The first-order chi connectivity index (χ1) is 9.60. The number of anilines is 1. The molecule has 1 aromatic rings. The zero-order valence-corrected chi connectivity index (χ0v) is 11.3. The largest absolute Gasteiger partial charge is 0.482 e. The molecular weight excluding hydrogens is 260 g/mol. The standard InChI is InChI=1S/C14H18N2O4/c1-9(4-5-17)7-15-14(19)10-2-3-11-12(6-10)20-8-13(18)16-11/h2-3,6,9,17H,4-5,7-8H2,1H3,(H,15,19)(H,16,18). The van der Waals surface area contributed by atoms with Gasteiger partial charge in [0.15, 0.2) is 6.61 Å². The molecule has 6 nitrogen and oxygen atoms in total. The van der Waals surface area contributed by atoms with Gasteiger partial charge in [-0.2, -0.15) is 0 Å². The lowest BCUT2D eigenvalue weighted by Crippen LogP contribution is -2.29. The number of hydrogen-bond acceptors (Lipinski definition) is 4. The first-order valence-corrected chi connectivity index (χ1v) is 6.56. The molecule has 1 heterocycles. The molecule has 0 bridgehead atoms. The van der Waals surface area contributed by atoms with Crippen LogP contribution in [-0.4, -0.2) is 36.7 Å². The fourth-order valence-electron chi connectivity index (χ4n) is 1.91. The van der Waals surface area contributed by atoms with Gasteiger partial charge in [0.1, 0.15) is 5.75 Å². The normalized spacial score (nSPS) is 14.8. The van der Waals surface area contributed by atoms with E-state index in [1.54, 1.807) is 18.2 Å². The SMILES string of the molecule is CC(CCO)CNC(=O)c1ccc2c(c1)OCC(=O)N2. The summed E-state index contributed by atoms with van der Waals surface area (Å²) < 4.78 is 5.27. The summed E-state index contributed by atoms with van der Waals surface area (Å²) >= 11 is 0. The van der Waals surface area contributed by atoms with Crippen LogP contribution in [0.5, 0.6) is 5.75 Å². The van der Waals surface area contributed by atoms with Gasteiger partial charge in [0.25, 0.3) is 11.8 Å². The Morgan fingerprint density at radius 2 is 2.35 bits per heavy atom. The van der Waals surface area contributed by atoms with Crippen molar-refractivity contribution in [2.75, 3.05) is 25.1 Å². The van der Waals surface area contributed by atoms with Gasteiger partial charge in [-0.1, -0.05) is 6.92 Å². The Bertz CT molecular complexity index is 516. The maximum absolute atomic E-state index is 12.0. The zero-order valence-electron chi connectivity index (χ0n) is 11.3. The van der Waals surface area contributed by atoms with E-state index < -0.39 is 0 Å². The van der Waals surface area contributed by atoms with Crippen LogP contribution in [0, 0.1) is 5.92 Å². The second-order valence-corrected chi connectivity index (χ2v) is 4.88. The number of fused-ring (bicyclic) bond motifs is 1. The number of benzene rings is 1. The first-order valence-electron chi connectivity index (χ1n) is 6.56. The van der Waals surface area contributed by atoms with Gasteiger partial charge in [-0.3, -0.25) is 9.59 Å². The van der Waals surface area contributed by atoms with Gasteiger partial charge in [0, 0.05) is 18.7 Å². The van der Waals surface area contributed by atoms with E-state index in [2.05, 4.69) is 10.6 Å². The number of ether oxygens (including phenoxy) is 1. The summed E-state index contributed by atoms with van der Waals surface area (Å²) in [6, 6.07) is 4.90. The maximum atomic E-state index is 12.0. The van der Waals surface area contributed by atoms with E-state index >= 15 is 0 Å². The van der Waals surface area contributed by atoms with E-state index in [-0.39, 0.29) is 30.9 Å². The predicted octanol–water partition coefficient (Wildman–Crippen LogP) is 0.766. The van der Waals surface area contributed by atoms with Gasteiger partial charge in [-0.15, -0.1) is 0 Å². The van der Waals surface area contributed by atoms with E-state index in [9.17, 15) is 9.59 Å². The first kappa shape index (κ1) is 14.3. The molecule has 0 aliphatic carbocycles. The number of aliphatic hydroxyl groups is 1. The molecule has 0 aromatic heterocycles. The molecule has 3 N–H and O–H groups in total. The minimum absolute atomic E-state index is 0.0361. The molecule has 1 aliphatic rings. The highest BCUT2D eigenvalue weighted by molar-refractivity contribution is 5.98. The average molecular weight is 278 g/mol. The highest BCUT2D eigenvalue weighted by Crippen LogP contribution is 2.28. The van der Waals surface area contributed by atoms with Crippen molar-refractivity contribution >= 4 is 17.5 Å². The number of amides is 2. The number of carbonyl (C=O) groups is 2. The predicted molar refractivity (Wildman–Crippen MR) is 73.8 cm³/mol. The lowest BCUT2D eigenvalue weighted by Gasteiger charge is -2.18. The van der Waals surface area contributed by atoms with Crippen LogP contribution < -0.4 is 15.4 Å². The number of carbonyl (C=O) groups excluding carboxylic acids is 2. The van der Waals surface area contributed by atoms with Crippen molar-refractivity contribution in [1.82, 2.24) is 5.32 Å². The van der Waals surface area contributed by atoms with Crippen LogP contribution in [0.15, 0.2) is 18.2 Å². The van der Waals surface area contributed by atoms with Crippen molar-refractivity contribution in [1.29, 1.82) is 0 Å². The van der Waals surface area contributed by atoms with Gasteiger partial charge >= 0.3 is 0 Å². The molecule has 20 heavy (non-hydrogen) atoms. The van der Waals surface area contributed by atoms with Crippen molar-refractivity contribution in [3.63, 3.8) is 0 Å². The molecule has 1 aromatic carbocycles. The molecule has 0 spiro atoms.